The summed E-state index contributed by atoms with van der Waals surface area (Å²) in [6, 6.07) is 6.21. The van der Waals surface area contributed by atoms with Crippen molar-refractivity contribution in [3.8, 4) is 0 Å². The zero-order valence-corrected chi connectivity index (χ0v) is 14.9. The number of nitrogens with zero attached hydrogens (tertiary/aromatic N) is 1. The summed E-state index contributed by atoms with van der Waals surface area (Å²) in [5.74, 6) is -0.961. The summed E-state index contributed by atoms with van der Waals surface area (Å²) in [5.41, 5.74) is -0.00460. The van der Waals surface area contributed by atoms with Gasteiger partial charge in [0.15, 0.2) is 6.10 Å². The molecule has 0 aromatic heterocycles. The fourth-order valence-corrected chi connectivity index (χ4v) is 1.79. The fourth-order valence-electron chi connectivity index (χ4n) is 1.79. The van der Waals surface area contributed by atoms with Gasteiger partial charge in [-0.25, -0.2) is 9.59 Å². The van der Waals surface area contributed by atoms with E-state index >= 15 is 0 Å². The topological polar surface area (TPSA) is 84.9 Å². The predicted octanol–water partition coefficient (Wildman–Crippen LogP) is 2.67. The summed E-state index contributed by atoms with van der Waals surface area (Å²) >= 11 is 0. The van der Waals surface area contributed by atoms with Gasteiger partial charge in [-0.2, -0.15) is 0 Å². The monoisotopic (exact) mass is 336 g/mol. The van der Waals surface area contributed by atoms with Gasteiger partial charge in [-0.1, -0.05) is 6.07 Å². The lowest BCUT2D eigenvalue weighted by Crippen LogP contribution is -2.34. The van der Waals surface area contributed by atoms with Crippen LogP contribution in [0.3, 0.4) is 0 Å². The minimum atomic E-state index is -0.894. The van der Waals surface area contributed by atoms with Crippen LogP contribution in [0.4, 0.5) is 10.5 Å². The van der Waals surface area contributed by atoms with Crippen molar-refractivity contribution in [1.29, 1.82) is 0 Å². The Kier molecular flexibility index (Phi) is 6.34. The molecule has 2 amide bonds. The van der Waals surface area contributed by atoms with E-state index in [0.29, 0.717) is 5.69 Å². The zero-order valence-electron chi connectivity index (χ0n) is 14.9. The highest BCUT2D eigenvalue weighted by molar-refractivity contribution is 5.94. The van der Waals surface area contributed by atoms with E-state index in [1.807, 2.05) is 0 Å². The van der Waals surface area contributed by atoms with Crippen molar-refractivity contribution < 1.29 is 23.9 Å². The molecular formula is C17H24N2O5. The summed E-state index contributed by atoms with van der Waals surface area (Å²) in [5, 5.41) is 2.54. The number of anilines is 1. The molecule has 0 aliphatic heterocycles. The molecule has 24 heavy (non-hydrogen) atoms. The van der Waals surface area contributed by atoms with Crippen LogP contribution in [-0.4, -0.2) is 48.7 Å². The zero-order chi connectivity index (χ0) is 18.5. The Hall–Kier alpha value is -2.57. The number of amides is 2. The first kappa shape index (κ1) is 19.5. The molecule has 1 aromatic rings. The van der Waals surface area contributed by atoms with Gasteiger partial charge >= 0.3 is 12.1 Å². The number of carbonyl (C=O) groups excluding carboxylic acids is 3. The average molecular weight is 336 g/mol. The van der Waals surface area contributed by atoms with Crippen LogP contribution < -0.4 is 5.32 Å². The first-order chi connectivity index (χ1) is 11.0. The Morgan fingerprint density at radius 2 is 1.79 bits per heavy atom. The predicted molar refractivity (Wildman–Crippen MR) is 89.9 cm³/mol. The molecule has 0 unspecified atom stereocenters. The van der Waals surface area contributed by atoms with Gasteiger partial charge in [-0.3, -0.25) is 10.1 Å². The molecule has 132 valence electrons. The molecule has 0 spiro atoms. The molecule has 0 fully saturated rings. The molecule has 0 aliphatic carbocycles. The Morgan fingerprint density at radius 3 is 2.33 bits per heavy atom. The summed E-state index contributed by atoms with van der Waals surface area (Å²) in [6.07, 6.45) is -1.51. The summed E-state index contributed by atoms with van der Waals surface area (Å²) in [7, 11) is 3.16. The van der Waals surface area contributed by atoms with E-state index < -0.39 is 23.8 Å². The van der Waals surface area contributed by atoms with E-state index in [4.69, 9.17) is 9.47 Å². The lowest BCUT2D eigenvalue weighted by atomic mass is 10.2. The van der Waals surface area contributed by atoms with E-state index in [1.165, 1.54) is 24.0 Å². The van der Waals surface area contributed by atoms with Crippen molar-refractivity contribution in [1.82, 2.24) is 4.90 Å². The number of hydrogen-bond acceptors (Lipinski definition) is 5. The molecule has 1 rings (SSSR count). The first-order valence-electron chi connectivity index (χ1n) is 7.52. The molecule has 0 bridgehead atoms. The van der Waals surface area contributed by atoms with Gasteiger partial charge in [0.1, 0.15) is 5.60 Å². The Morgan fingerprint density at radius 1 is 1.17 bits per heavy atom. The number of ether oxygens (including phenoxy) is 2. The smallest absolute Gasteiger partial charge is 0.412 e. The van der Waals surface area contributed by atoms with Crippen molar-refractivity contribution in [2.75, 3.05) is 19.4 Å². The number of nitrogens with one attached hydrogen (secondary N) is 1. The van der Waals surface area contributed by atoms with Crippen LogP contribution in [0.15, 0.2) is 24.3 Å². The Labute approximate surface area is 141 Å². The Balaban J connectivity index is 2.76. The molecule has 1 aromatic carbocycles. The van der Waals surface area contributed by atoms with Crippen molar-refractivity contribution in [3.05, 3.63) is 29.8 Å². The standard InChI is InChI=1S/C17H24N2O5/c1-11(14(20)19(5)6)23-15(21)12-8-7-9-13(10-12)18-16(22)24-17(2,3)4/h7-11H,1-6H3,(H,18,22)/t11-/m0/s1. The molecule has 0 radical (unpaired) electrons. The maximum Gasteiger partial charge on any atom is 0.412 e. The number of esters is 1. The van der Waals surface area contributed by atoms with Crippen LogP contribution in [0.5, 0.6) is 0 Å². The maximum atomic E-state index is 12.1. The molecule has 7 nitrogen and oxygen atoms in total. The first-order valence-corrected chi connectivity index (χ1v) is 7.52. The summed E-state index contributed by atoms with van der Waals surface area (Å²) in [4.78, 5) is 36.9. The van der Waals surface area contributed by atoms with E-state index in [9.17, 15) is 14.4 Å². The van der Waals surface area contributed by atoms with Gasteiger partial charge in [0.05, 0.1) is 5.56 Å². The number of benzene rings is 1. The van der Waals surface area contributed by atoms with E-state index in [2.05, 4.69) is 5.32 Å². The van der Waals surface area contributed by atoms with Crippen molar-refractivity contribution in [3.63, 3.8) is 0 Å². The normalized spacial score (nSPS) is 12.1. The quantitative estimate of drug-likeness (QED) is 0.855. The second-order valence-electron chi connectivity index (χ2n) is 6.49. The van der Waals surface area contributed by atoms with Crippen LogP contribution in [0.25, 0.3) is 0 Å². The number of likely N-dealkylation sites (N-methyl/N-ethyl adjacent to an activating group) is 1. The van der Waals surface area contributed by atoms with Crippen LogP contribution in [-0.2, 0) is 14.3 Å². The number of hydrogen-bond donors (Lipinski definition) is 1. The van der Waals surface area contributed by atoms with Gasteiger partial charge in [-0.15, -0.1) is 0 Å². The van der Waals surface area contributed by atoms with Crippen LogP contribution in [0, 0.1) is 0 Å². The van der Waals surface area contributed by atoms with Gasteiger partial charge in [-0.05, 0) is 45.9 Å². The van der Waals surface area contributed by atoms with Crippen LogP contribution in [0.2, 0.25) is 0 Å². The number of rotatable bonds is 4. The third-order valence-corrected chi connectivity index (χ3v) is 2.82. The van der Waals surface area contributed by atoms with Gasteiger partial charge in [0.2, 0.25) is 0 Å². The minimum Gasteiger partial charge on any atom is -0.449 e. The van der Waals surface area contributed by atoms with E-state index in [0.717, 1.165) is 0 Å². The van der Waals surface area contributed by atoms with Crippen molar-refractivity contribution in [2.24, 2.45) is 0 Å². The summed E-state index contributed by atoms with van der Waals surface area (Å²) < 4.78 is 10.3. The molecule has 1 N–H and O–H groups in total. The van der Waals surface area contributed by atoms with Gasteiger partial charge in [0, 0.05) is 19.8 Å². The third kappa shape index (κ3) is 6.28. The van der Waals surface area contributed by atoms with Gasteiger partial charge in [0.25, 0.3) is 5.91 Å². The summed E-state index contributed by atoms with van der Waals surface area (Å²) in [6.45, 7) is 6.76. The lowest BCUT2D eigenvalue weighted by molar-refractivity contribution is -0.137. The van der Waals surface area contributed by atoms with Crippen molar-refractivity contribution in [2.45, 2.75) is 39.4 Å². The average Bonchev–Trinajstić information content (AvgIpc) is 2.44. The second-order valence-corrected chi connectivity index (χ2v) is 6.49. The lowest BCUT2D eigenvalue weighted by Gasteiger charge is -2.20. The highest BCUT2D eigenvalue weighted by Crippen LogP contribution is 2.15. The molecule has 0 aliphatic rings. The minimum absolute atomic E-state index is 0.224. The maximum absolute atomic E-state index is 12.1. The highest BCUT2D eigenvalue weighted by atomic mass is 16.6. The number of carbonyl (C=O) groups is 3. The van der Waals surface area contributed by atoms with E-state index in [-0.39, 0.29) is 11.5 Å². The van der Waals surface area contributed by atoms with E-state index in [1.54, 1.807) is 47.0 Å². The SMILES string of the molecule is C[C@H](OC(=O)c1cccc(NC(=O)OC(C)(C)C)c1)C(=O)N(C)C. The van der Waals surface area contributed by atoms with Crippen LogP contribution in [0.1, 0.15) is 38.1 Å². The largest absolute Gasteiger partial charge is 0.449 e. The molecule has 1 atom stereocenters. The Bertz CT molecular complexity index is 620. The molecule has 7 heteroatoms. The fraction of sp³-hybridized carbons (Fsp3) is 0.471. The molecule has 0 saturated carbocycles. The highest BCUT2D eigenvalue weighted by Gasteiger charge is 2.21. The third-order valence-electron chi connectivity index (χ3n) is 2.82. The van der Waals surface area contributed by atoms with Gasteiger partial charge < -0.3 is 14.4 Å². The second kappa shape index (κ2) is 7.81. The van der Waals surface area contributed by atoms with Crippen molar-refractivity contribution >= 4 is 23.7 Å². The molecule has 0 heterocycles. The molecule has 0 saturated heterocycles. The van der Waals surface area contributed by atoms with Crippen LogP contribution >= 0.6 is 0 Å². The molecular weight excluding hydrogens is 312 g/mol.